The van der Waals surface area contributed by atoms with E-state index in [1.165, 1.54) is 19.2 Å². The fourth-order valence-corrected chi connectivity index (χ4v) is 1.75. The van der Waals surface area contributed by atoms with Gasteiger partial charge in [0.1, 0.15) is 11.3 Å². The molecule has 1 heterocycles. The van der Waals surface area contributed by atoms with Crippen LogP contribution in [0.3, 0.4) is 0 Å². The van der Waals surface area contributed by atoms with Crippen LogP contribution in [-0.4, -0.2) is 22.9 Å². The van der Waals surface area contributed by atoms with E-state index < -0.39 is 5.97 Å². The lowest BCUT2D eigenvalue weighted by atomic mass is 10.2. The van der Waals surface area contributed by atoms with Crippen LogP contribution in [0.5, 0.6) is 11.5 Å². The Morgan fingerprint density at radius 1 is 1.16 bits per heavy atom. The van der Waals surface area contributed by atoms with Crippen LogP contribution in [0.15, 0.2) is 30.3 Å². The Hall–Kier alpha value is -2.43. The zero-order valence-electron chi connectivity index (χ0n) is 11.0. The fourth-order valence-electron chi connectivity index (χ4n) is 1.75. The Kier molecular flexibility index (Phi) is 3.46. The Labute approximate surface area is 111 Å². The summed E-state index contributed by atoms with van der Waals surface area (Å²) >= 11 is 0. The number of hydrogen-bond donors (Lipinski definition) is 1. The highest BCUT2D eigenvalue weighted by Gasteiger charge is 2.13. The first kappa shape index (κ1) is 13.0. The van der Waals surface area contributed by atoms with Crippen LogP contribution in [-0.2, 0) is 4.74 Å². The maximum Gasteiger partial charge on any atom is 0.341 e. The molecule has 0 saturated carbocycles. The number of carbonyl (C=O) groups excluding carboxylic acids is 1. The van der Waals surface area contributed by atoms with Crippen molar-refractivity contribution in [1.82, 2.24) is 4.73 Å². The summed E-state index contributed by atoms with van der Waals surface area (Å²) < 4.78 is 6.24. The molecule has 0 fully saturated rings. The predicted octanol–water partition coefficient (Wildman–Crippen LogP) is 2.44. The highest BCUT2D eigenvalue weighted by atomic mass is 16.7. The first-order valence-electron chi connectivity index (χ1n) is 5.77. The Bertz CT molecular complexity index is 596. The third-order valence-corrected chi connectivity index (χ3v) is 2.78. The van der Waals surface area contributed by atoms with Crippen molar-refractivity contribution in [2.24, 2.45) is 0 Å². The molecule has 19 heavy (non-hydrogen) atoms. The van der Waals surface area contributed by atoms with E-state index >= 15 is 0 Å². The number of phenols is 1. The second-order valence-electron chi connectivity index (χ2n) is 4.17. The molecule has 2 rings (SSSR count). The maximum atomic E-state index is 11.5. The third-order valence-electron chi connectivity index (χ3n) is 2.78. The number of aryl methyl sites for hydroxylation is 2. The summed E-state index contributed by atoms with van der Waals surface area (Å²) in [5.41, 5.74) is 1.94. The molecule has 0 unspecified atom stereocenters. The number of carbonyl (C=O) groups is 1. The smallest absolute Gasteiger partial charge is 0.341 e. The monoisotopic (exact) mass is 261 g/mol. The number of nitrogens with zero attached hydrogens (tertiary/aromatic N) is 1. The molecule has 0 aliphatic carbocycles. The summed E-state index contributed by atoms with van der Waals surface area (Å²) in [7, 11) is 1.26. The van der Waals surface area contributed by atoms with Gasteiger partial charge in [-0.2, -0.15) is 4.73 Å². The second-order valence-corrected chi connectivity index (χ2v) is 4.17. The second kappa shape index (κ2) is 5.06. The van der Waals surface area contributed by atoms with Gasteiger partial charge in [0, 0.05) is 6.07 Å². The molecule has 2 aromatic rings. The number of aromatic nitrogens is 1. The average Bonchev–Trinajstić information content (AvgIpc) is 2.71. The van der Waals surface area contributed by atoms with E-state index in [-0.39, 0.29) is 11.3 Å². The standard InChI is InChI=1S/C14H15NO4/c1-9-4-5-10(2)15(9)19-11-6-7-13(16)12(8-11)14(17)18-3/h4-8,16H,1-3H3. The molecule has 5 heteroatoms. The van der Waals surface area contributed by atoms with Crippen molar-refractivity contribution in [2.75, 3.05) is 7.11 Å². The van der Waals surface area contributed by atoms with E-state index in [0.29, 0.717) is 5.75 Å². The minimum atomic E-state index is -0.607. The van der Waals surface area contributed by atoms with Crippen LogP contribution in [0.1, 0.15) is 21.7 Å². The van der Waals surface area contributed by atoms with Crippen molar-refractivity contribution < 1.29 is 19.5 Å². The molecule has 1 N–H and O–H groups in total. The highest BCUT2D eigenvalue weighted by molar-refractivity contribution is 5.92. The van der Waals surface area contributed by atoms with Crippen molar-refractivity contribution in [3.63, 3.8) is 0 Å². The van der Waals surface area contributed by atoms with Gasteiger partial charge in [0.05, 0.1) is 18.5 Å². The minimum absolute atomic E-state index is 0.0717. The van der Waals surface area contributed by atoms with E-state index in [9.17, 15) is 9.90 Å². The molecule has 0 radical (unpaired) electrons. The molecule has 0 amide bonds. The Morgan fingerprint density at radius 2 is 1.79 bits per heavy atom. The lowest BCUT2D eigenvalue weighted by Gasteiger charge is -2.12. The summed E-state index contributed by atoms with van der Waals surface area (Å²) in [6, 6.07) is 8.28. The predicted molar refractivity (Wildman–Crippen MR) is 69.4 cm³/mol. The van der Waals surface area contributed by atoms with Gasteiger partial charge in [0.25, 0.3) is 0 Å². The van der Waals surface area contributed by atoms with Gasteiger partial charge in [-0.3, -0.25) is 0 Å². The van der Waals surface area contributed by atoms with Gasteiger partial charge < -0.3 is 14.7 Å². The van der Waals surface area contributed by atoms with Gasteiger partial charge in [-0.15, -0.1) is 0 Å². The van der Waals surface area contributed by atoms with Gasteiger partial charge >= 0.3 is 5.97 Å². The van der Waals surface area contributed by atoms with E-state index in [4.69, 9.17) is 4.84 Å². The maximum absolute atomic E-state index is 11.5. The number of hydrogen-bond acceptors (Lipinski definition) is 4. The molecule has 0 atom stereocenters. The molecule has 0 spiro atoms. The van der Waals surface area contributed by atoms with Crippen LogP contribution in [0.4, 0.5) is 0 Å². The number of aromatic hydroxyl groups is 1. The molecule has 0 aliphatic rings. The number of benzene rings is 1. The molecule has 5 nitrogen and oxygen atoms in total. The topological polar surface area (TPSA) is 60.7 Å². The van der Waals surface area contributed by atoms with Gasteiger partial charge in [-0.05, 0) is 38.1 Å². The summed E-state index contributed by atoms with van der Waals surface area (Å²) in [5.74, 6) is -0.301. The lowest BCUT2D eigenvalue weighted by Crippen LogP contribution is -2.09. The van der Waals surface area contributed by atoms with Gasteiger partial charge in [-0.25, -0.2) is 4.79 Å². The van der Waals surface area contributed by atoms with Gasteiger partial charge in [0.15, 0.2) is 5.75 Å². The van der Waals surface area contributed by atoms with Crippen LogP contribution in [0, 0.1) is 13.8 Å². The number of rotatable bonds is 3. The quantitative estimate of drug-likeness (QED) is 0.862. The summed E-state index contributed by atoms with van der Waals surface area (Å²) in [6.07, 6.45) is 0. The summed E-state index contributed by atoms with van der Waals surface area (Å²) in [6.45, 7) is 3.82. The zero-order valence-corrected chi connectivity index (χ0v) is 11.0. The first-order chi connectivity index (χ1) is 9.02. The fraction of sp³-hybridized carbons (Fsp3) is 0.214. The normalized spacial score (nSPS) is 10.3. The SMILES string of the molecule is COC(=O)c1cc(On2c(C)ccc2C)ccc1O. The van der Waals surface area contributed by atoms with Gasteiger partial charge in [0.2, 0.25) is 0 Å². The molecule has 100 valence electrons. The van der Waals surface area contributed by atoms with Crippen molar-refractivity contribution in [2.45, 2.75) is 13.8 Å². The molecule has 0 saturated heterocycles. The summed E-state index contributed by atoms with van der Waals surface area (Å²) in [4.78, 5) is 17.1. The average molecular weight is 261 g/mol. The molecule has 1 aromatic carbocycles. The van der Waals surface area contributed by atoms with E-state index in [2.05, 4.69) is 4.74 Å². The number of esters is 1. The molecule has 1 aromatic heterocycles. The van der Waals surface area contributed by atoms with Gasteiger partial charge in [-0.1, -0.05) is 0 Å². The number of methoxy groups -OCH3 is 1. The minimum Gasteiger partial charge on any atom is -0.507 e. The van der Waals surface area contributed by atoms with E-state index in [1.54, 1.807) is 10.8 Å². The van der Waals surface area contributed by atoms with Crippen molar-refractivity contribution >= 4 is 5.97 Å². The lowest BCUT2D eigenvalue weighted by molar-refractivity contribution is 0.0596. The molecular formula is C14H15NO4. The van der Waals surface area contributed by atoms with Crippen LogP contribution in [0.2, 0.25) is 0 Å². The van der Waals surface area contributed by atoms with Crippen LogP contribution in [0.25, 0.3) is 0 Å². The Morgan fingerprint density at radius 3 is 2.37 bits per heavy atom. The first-order valence-corrected chi connectivity index (χ1v) is 5.77. The van der Waals surface area contributed by atoms with Crippen molar-refractivity contribution in [3.8, 4) is 11.5 Å². The molecular weight excluding hydrogens is 246 g/mol. The third kappa shape index (κ3) is 2.54. The van der Waals surface area contributed by atoms with Crippen LogP contribution >= 0.6 is 0 Å². The van der Waals surface area contributed by atoms with Crippen molar-refractivity contribution in [3.05, 3.63) is 47.3 Å². The van der Waals surface area contributed by atoms with E-state index in [0.717, 1.165) is 11.4 Å². The number of phenolic OH excluding ortho intramolecular Hbond substituents is 1. The van der Waals surface area contributed by atoms with Crippen LogP contribution < -0.4 is 4.84 Å². The zero-order chi connectivity index (χ0) is 14.0. The highest BCUT2D eigenvalue weighted by Crippen LogP contribution is 2.24. The number of ether oxygens (including phenoxy) is 1. The largest absolute Gasteiger partial charge is 0.507 e. The molecule has 0 aliphatic heterocycles. The van der Waals surface area contributed by atoms with E-state index in [1.807, 2.05) is 26.0 Å². The van der Waals surface area contributed by atoms with Crippen molar-refractivity contribution in [1.29, 1.82) is 0 Å². The summed E-state index contributed by atoms with van der Waals surface area (Å²) in [5, 5.41) is 9.61. The Balaban J connectivity index is 2.34. The molecule has 0 bridgehead atoms.